The molecule has 0 bridgehead atoms. The topological polar surface area (TPSA) is 87.7 Å². The van der Waals surface area contributed by atoms with Crippen LogP contribution in [0.25, 0.3) is 0 Å². The number of ether oxygens (including phenoxy) is 1. The number of carbonyl (C=O) groups is 2. The first-order valence-corrected chi connectivity index (χ1v) is 6.76. The molecule has 0 unspecified atom stereocenters. The van der Waals surface area contributed by atoms with Crippen molar-refractivity contribution in [3.8, 4) is 5.75 Å². The summed E-state index contributed by atoms with van der Waals surface area (Å²) in [5.74, 6) is -0.199. The van der Waals surface area contributed by atoms with Gasteiger partial charge in [-0.3, -0.25) is 4.79 Å². The van der Waals surface area contributed by atoms with E-state index in [0.717, 1.165) is 11.3 Å². The van der Waals surface area contributed by atoms with E-state index in [9.17, 15) is 9.59 Å². The van der Waals surface area contributed by atoms with Crippen LogP contribution >= 0.6 is 0 Å². The quantitative estimate of drug-likeness (QED) is 0.669. The molecule has 0 saturated carbocycles. The highest BCUT2D eigenvalue weighted by Crippen LogP contribution is 2.13. The van der Waals surface area contributed by atoms with Gasteiger partial charge < -0.3 is 20.5 Å². The minimum absolute atomic E-state index is 0.0624. The van der Waals surface area contributed by atoms with Crippen LogP contribution in [0.3, 0.4) is 0 Å². The van der Waals surface area contributed by atoms with Gasteiger partial charge in [-0.25, -0.2) is 4.79 Å². The van der Waals surface area contributed by atoms with Crippen LogP contribution in [-0.4, -0.2) is 36.8 Å². The van der Waals surface area contributed by atoms with Gasteiger partial charge in [-0.2, -0.15) is 0 Å². The summed E-state index contributed by atoms with van der Waals surface area (Å²) in [6.45, 7) is 5.83. The molecule has 21 heavy (non-hydrogen) atoms. The molecule has 0 aliphatic carbocycles. The van der Waals surface area contributed by atoms with Crippen LogP contribution in [-0.2, 0) is 4.79 Å². The number of carbonyl (C=O) groups excluding carboxylic acids is 1. The fourth-order valence-electron chi connectivity index (χ4n) is 1.48. The maximum Gasteiger partial charge on any atom is 0.314 e. The van der Waals surface area contributed by atoms with Crippen molar-refractivity contribution in [2.24, 2.45) is 5.41 Å². The van der Waals surface area contributed by atoms with Crippen LogP contribution in [0.1, 0.15) is 19.4 Å². The zero-order valence-corrected chi connectivity index (χ0v) is 12.6. The lowest BCUT2D eigenvalue weighted by molar-refractivity contribution is -0.146. The predicted octanol–water partition coefficient (Wildman–Crippen LogP) is 1.78. The molecule has 0 aliphatic heterocycles. The van der Waals surface area contributed by atoms with Gasteiger partial charge >= 0.3 is 12.0 Å². The number of carboxylic acids is 1. The Morgan fingerprint density at radius 3 is 2.62 bits per heavy atom. The van der Waals surface area contributed by atoms with E-state index >= 15 is 0 Å². The van der Waals surface area contributed by atoms with Crippen molar-refractivity contribution in [2.75, 3.05) is 19.7 Å². The van der Waals surface area contributed by atoms with Crippen LogP contribution in [0, 0.1) is 12.3 Å². The van der Waals surface area contributed by atoms with Gasteiger partial charge in [-0.05, 0) is 38.5 Å². The molecule has 0 atom stereocenters. The summed E-state index contributed by atoms with van der Waals surface area (Å²) in [4.78, 5) is 22.4. The zero-order chi connectivity index (χ0) is 15.9. The van der Waals surface area contributed by atoms with Gasteiger partial charge in [0, 0.05) is 6.54 Å². The summed E-state index contributed by atoms with van der Waals surface area (Å²) < 4.78 is 5.48. The Morgan fingerprint density at radius 2 is 2.00 bits per heavy atom. The Kier molecular flexibility index (Phi) is 6.02. The van der Waals surface area contributed by atoms with Crippen molar-refractivity contribution >= 4 is 12.0 Å². The largest absolute Gasteiger partial charge is 0.492 e. The lowest BCUT2D eigenvalue weighted by Crippen LogP contribution is -2.44. The molecule has 0 saturated heterocycles. The summed E-state index contributed by atoms with van der Waals surface area (Å²) in [5, 5.41) is 14.1. The fraction of sp³-hybridized carbons (Fsp3) is 0.467. The number of aryl methyl sites for hydroxylation is 1. The Labute approximate surface area is 124 Å². The predicted molar refractivity (Wildman–Crippen MR) is 79.5 cm³/mol. The van der Waals surface area contributed by atoms with Crippen LogP contribution in [0.2, 0.25) is 0 Å². The number of urea groups is 1. The van der Waals surface area contributed by atoms with Gasteiger partial charge in [0.1, 0.15) is 12.4 Å². The summed E-state index contributed by atoms with van der Waals surface area (Å²) in [7, 11) is 0. The number of hydrogen-bond acceptors (Lipinski definition) is 3. The van der Waals surface area contributed by atoms with Crippen LogP contribution in [0.5, 0.6) is 5.75 Å². The van der Waals surface area contributed by atoms with Crippen molar-refractivity contribution in [2.45, 2.75) is 20.8 Å². The number of amides is 2. The molecule has 1 aromatic rings. The molecule has 1 aromatic carbocycles. The Hall–Kier alpha value is -2.24. The second-order valence-corrected chi connectivity index (χ2v) is 5.46. The SMILES string of the molecule is Cc1cccc(OCCNC(=O)NCC(C)(C)C(=O)O)c1. The minimum atomic E-state index is -0.991. The molecular formula is C15H22N2O4. The molecule has 3 N–H and O–H groups in total. The monoisotopic (exact) mass is 294 g/mol. The smallest absolute Gasteiger partial charge is 0.314 e. The highest BCUT2D eigenvalue weighted by Gasteiger charge is 2.27. The number of benzene rings is 1. The second-order valence-electron chi connectivity index (χ2n) is 5.46. The normalized spacial score (nSPS) is 10.8. The average Bonchev–Trinajstić information content (AvgIpc) is 2.41. The molecule has 6 heteroatoms. The van der Waals surface area contributed by atoms with Gasteiger partial charge in [0.05, 0.1) is 12.0 Å². The molecule has 0 radical (unpaired) electrons. The highest BCUT2D eigenvalue weighted by molar-refractivity contribution is 5.77. The first-order chi connectivity index (χ1) is 9.81. The van der Waals surface area contributed by atoms with E-state index in [0.29, 0.717) is 13.2 Å². The van der Waals surface area contributed by atoms with E-state index in [1.165, 1.54) is 0 Å². The number of hydrogen-bond donors (Lipinski definition) is 3. The first kappa shape index (κ1) is 16.8. The van der Waals surface area contributed by atoms with Gasteiger partial charge in [0.2, 0.25) is 0 Å². The van der Waals surface area contributed by atoms with E-state index in [1.54, 1.807) is 13.8 Å². The van der Waals surface area contributed by atoms with Gasteiger partial charge in [-0.15, -0.1) is 0 Å². The van der Waals surface area contributed by atoms with E-state index < -0.39 is 17.4 Å². The molecule has 6 nitrogen and oxygen atoms in total. The number of rotatable bonds is 7. The molecule has 2 amide bonds. The van der Waals surface area contributed by atoms with Gasteiger partial charge in [0.25, 0.3) is 0 Å². The van der Waals surface area contributed by atoms with E-state index in [-0.39, 0.29) is 6.54 Å². The molecular weight excluding hydrogens is 272 g/mol. The second kappa shape index (κ2) is 7.52. The average molecular weight is 294 g/mol. The van der Waals surface area contributed by atoms with Crippen molar-refractivity contribution < 1.29 is 19.4 Å². The zero-order valence-electron chi connectivity index (χ0n) is 12.6. The van der Waals surface area contributed by atoms with Crippen molar-refractivity contribution in [1.29, 1.82) is 0 Å². The molecule has 0 aliphatic rings. The standard InChI is InChI=1S/C15H22N2O4/c1-11-5-4-6-12(9-11)21-8-7-16-14(20)17-10-15(2,3)13(18)19/h4-6,9H,7-8,10H2,1-3H3,(H,18,19)(H2,16,17,20). The maximum absolute atomic E-state index is 11.5. The van der Waals surface area contributed by atoms with Crippen molar-refractivity contribution in [3.05, 3.63) is 29.8 Å². The summed E-state index contributed by atoms with van der Waals surface area (Å²) in [6, 6.07) is 7.23. The third kappa shape index (κ3) is 6.16. The molecule has 0 spiro atoms. The molecule has 1 rings (SSSR count). The Morgan fingerprint density at radius 1 is 1.29 bits per heavy atom. The molecule has 116 valence electrons. The summed E-state index contributed by atoms with van der Waals surface area (Å²) in [5.41, 5.74) is 0.115. The van der Waals surface area contributed by atoms with E-state index in [4.69, 9.17) is 9.84 Å². The minimum Gasteiger partial charge on any atom is -0.492 e. The van der Waals surface area contributed by atoms with Gasteiger partial charge in [-0.1, -0.05) is 12.1 Å². The summed E-state index contributed by atoms with van der Waals surface area (Å²) >= 11 is 0. The first-order valence-electron chi connectivity index (χ1n) is 6.76. The molecule has 0 aromatic heterocycles. The molecule has 0 fully saturated rings. The molecule has 0 heterocycles. The highest BCUT2D eigenvalue weighted by atomic mass is 16.5. The van der Waals surface area contributed by atoms with E-state index in [1.807, 2.05) is 31.2 Å². The fourth-order valence-corrected chi connectivity index (χ4v) is 1.48. The Bertz CT molecular complexity index is 500. The van der Waals surface area contributed by atoms with Crippen LogP contribution in [0.15, 0.2) is 24.3 Å². The van der Waals surface area contributed by atoms with Crippen molar-refractivity contribution in [1.82, 2.24) is 10.6 Å². The van der Waals surface area contributed by atoms with E-state index in [2.05, 4.69) is 10.6 Å². The Balaban J connectivity index is 2.21. The number of carboxylic acid groups (broad SMARTS) is 1. The number of nitrogens with one attached hydrogen (secondary N) is 2. The number of aliphatic carboxylic acids is 1. The maximum atomic E-state index is 11.5. The third-order valence-electron chi connectivity index (χ3n) is 2.92. The van der Waals surface area contributed by atoms with Gasteiger partial charge in [0.15, 0.2) is 0 Å². The lowest BCUT2D eigenvalue weighted by atomic mass is 9.94. The third-order valence-corrected chi connectivity index (χ3v) is 2.92. The lowest BCUT2D eigenvalue weighted by Gasteiger charge is -2.19. The summed E-state index contributed by atoms with van der Waals surface area (Å²) in [6.07, 6.45) is 0. The van der Waals surface area contributed by atoms with Crippen LogP contribution < -0.4 is 15.4 Å². The van der Waals surface area contributed by atoms with Crippen molar-refractivity contribution in [3.63, 3.8) is 0 Å². The van der Waals surface area contributed by atoms with Crippen LogP contribution in [0.4, 0.5) is 4.79 Å².